The molecule has 0 aliphatic carbocycles. The van der Waals surface area contributed by atoms with E-state index in [9.17, 15) is 22.8 Å². The number of furan rings is 1. The topological polar surface area (TPSA) is 72.1 Å². The number of hydrogen-bond acceptors (Lipinski definition) is 5. The second-order valence-corrected chi connectivity index (χ2v) is 12.0. The van der Waals surface area contributed by atoms with E-state index in [-0.39, 0.29) is 37.1 Å². The zero-order valence-electron chi connectivity index (χ0n) is 25.5. The van der Waals surface area contributed by atoms with Crippen LogP contribution in [0, 0.1) is 6.92 Å². The van der Waals surface area contributed by atoms with Crippen molar-refractivity contribution in [1.29, 1.82) is 0 Å². The maximum Gasteiger partial charge on any atom is 0.449 e. The lowest BCUT2D eigenvalue weighted by Crippen LogP contribution is -2.30. The van der Waals surface area contributed by atoms with Crippen molar-refractivity contribution in [3.63, 3.8) is 0 Å². The van der Waals surface area contributed by atoms with Gasteiger partial charge in [0.25, 0.3) is 5.91 Å². The zero-order valence-corrected chi connectivity index (χ0v) is 25.5. The van der Waals surface area contributed by atoms with Crippen LogP contribution < -0.4 is 0 Å². The number of halogens is 3. The molecule has 0 radical (unpaired) electrons. The number of nitrogens with zero attached hydrogens (tertiary/aromatic N) is 2. The van der Waals surface area contributed by atoms with E-state index >= 15 is 0 Å². The fraction of sp³-hybridized carbons (Fsp3) is 0.216. The van der Waals surface area contributed by atoms with Crippen molar-refractivity contribution >= 4 is 28.4 Å². The van der Waals surface area contributed by atoms with Crippen molar-refractivity contribution in [2.24, 2.45) is 5.16 Å². The molecule has 0 unspecified atom stereocenters. The second-order valence-electron chi connectivity index (χ2n) is 12.0. The number of rotatable bonds is 8. The molecule has 0 atom stereocenters. The molecule has 4 aromatic carbocycles. The molecule has 0 fully saturated rings. The summed E-state index contributed by atoms with van der Waals surface area (Å²) in [6, 6.07) is 29.2. The Bertz CT molecular complexity index is 1970. The lowest BCUT2D eigenvalue weighted by atomic mass is 9.78. The molecule has 5 aromatic rings. The van der Waals surface area contributed by atoms with Crippen LogP contribution in [0.4, 0.5) is 13.2 Å². The molecule has 1 aliphatic heterocycles. The lowest BCUT2D eigenvalue weighted by Gasteiger charge is -2.25. The van der Waals surface area contributed by atoms with Crippen molar-refractivity contribution in [2.75, 3.05) is 0 Å². The first-order valence-electron chi connectivity index (χ1n) is 14.8. The predicted octanol–water partition coefficient (Wildman–Crippen LogP) is 8.85. The molecule has 234 valence electrons. The third kappa shape index (κ3) is 6.18. The van der Waals surface area contributed by atoms with Gasteiger partial charge in [0, 0.05) is 12.0 Å². The molecule has 1 aliphatic rings. The summed E-state index contributed by atoms with van der Waals surface area (Å²) in [4.78, 5) is 32.2. The highest BCUT2D eigenvalue weighted by molar-refractivity contribution is 6.08. The van der Waals surface area contributed by atoms with Gasteiger partial charge in [-0.2, -0.15) is 13.2 Å². The average Bonchev–Trinajstić information content (AvgIpc) is 3.71. The number of benzene rings is 4. The summed E-state index contributed by atoms with van der Waals surface area (Å²) in [7, 11) is 0. The van der Waals surface area contributed by atoms with E-state index in [1.165, 1.54) is 11.0 Å². The summed E-state index contributed by atoms with van der Waals surface area (Å²) in [5.41, 5.74) is 5.08. The zero-order chi connectivity index (χ0) is 32.6. The van der Waals surface area contributed by atoms with Crippen LogP contribution in [0.2, 0.25) is 0 Å². The van der Waals surface area contributed by atoms with Crippen molar-refractivity contribution in [3.8, 4) is 11.1 Å². The SMILES string of the molecule is Cc1ccc2ccccc2c1C(=O)N(Cc1ccc(-c2cccc(C(C)(C)C3=NOC(=O)C3)c2)cc1)Cc1ccc(C(F)(F)F)o1. The van der Waals surface area contributed by atoms with Gasteiger partial charge in [-0.1, -0.05) is 104 Å². The summed E-state index contributed by atoms with van der Waals surface area (Å²) in [6.07, 6.45) is -4.48. The molecule has 9 heteroatoms. The van der Waals surface area contributed by atoms with Gasteiger partial charge >= 0.3 is 12.1 Å². The summed E-state index contributed by atoms with van der Waals surface area (Å²) >= 11 is 0. The highest BCUT2D eigenvalue weighted by Gasteiger charge is 2.35. The number of carbonyl (C=O) groups excluding carboxylic acids is 2. The Kier molecular flexibility index (Phi) is 8.02. The molecule has 0 saturated carbocycles. The fourth-order valence-electron chi connectivity index (χ4n) is 5.74. The molecule has 2 heterocycles. The Balaban J connectivity index is 1.30. The van der Waals surface area contributed by atoms with Crippen LogP contribution in [0.25, 0.3) is 21.9 Å². The van der Waals surface area contributed by atoms with Crippen molar-refractivity contribution in [3.05, 3.63) is 131 Å². The van der Waals surface area contributed by atoms with E-state index in [1.807, 2.05) is 99.6 Å². The Morgan fingerprint density at radius 3 is 2.33 bits per heavy atom. The van der Waals surface area contributed by atoms with Crippen LogP contribution in [-0.2, 0) is 34.3 Å². The van der Waals surface area contributed by atoms with E-state index < -0.39 is 17.4 Å². The molecule has 0 saturated heterocycles. The Labute approximate surface area is 264 Å². The maximum absolute atomic E-state index is 14.2. The molecular weight excluding hydrogens is 593 g/mol. The first-order valence-corrected chi connectivity index (χ1v) is 14.8. The van der Waals surface area contributed by atoms with Crippen LogP contribution in [0.3, 0.4) is 0 Å². The Hall–Kier alpha value is -5.18. The summed E-state index contributed by atoms with van der Waals surface area (Å²) in [5.74, 6) is -1.75. The minimum absolute atomic E-state index is 0.0357. The third-order valence-corrected chi connectivity index (χ3v) is 8.46. The third-order valence-electron chi connectivity index (χ3n) is 8.46. The molecule has 6 rings (SSSR count). The number of oxime groups is 1. The van der Waals surface area contributed by atoms with Gasteiger partial charge in [-0.3, -0.25) is 4.79 Å². The largest absolute Gasteiger partial charge is 0.455 e. The Morgan fingerprint density at radius 2 is 1.63 bits per heavy atom. The van der Waals surface area contributed by atoms with Gasteiger partial charge in [0.1, 0.15) is 5.76 Å². The summed E-state index contributed by atoms with van der Waals surface area (Å²) < 4.78 is 45.0. The number of fused-ring (bicyclic) bond motifs is 1. The Morgan fingerprint density at radius 1 is 0.870 bits per heavy atom. The molecule has 46 heavy (non-hydrogen) atoms. The van der Waals surface area contributed by atoms with Crippen LogP contribution in [0.5, 0.6) is 0 Å². The molecule has 6 nitrogen and oxygen atoms in total. The van der Waals surface area contributed by atoms with Gasteiger partial charge in [-0.05, 0) is 57.6 Å². The number of hydrogen-bond donors (Lipinski definition) is 0. The average molecular weight is 625 g/mol. The minimum Gasteiger partial charge on any atom is -0.455 e. The first kappa shape index (κ1) is 30.8. The van der Waals surface area contributed by atoms with Gasteiger partial charge in [-0.15, -0.1) is 0 Å². The van der Waals surface area contributed by atoms with Crippen LogP contribution in [0.1, 0.15) is 58.8 Å². The quantitative estimate of drug-likeness (QED) is 0.162. The number of amides is 1. The predicted molar refractivity (Wildman–Crippen MR) is 169 cm³/mol. The van der Waals surface area contributed by atoms with E-state index in [0.717, 1.165) is 44.7 Å². The number of aryl methyl sites for hydroxylation is 1. The molecule has 1 aromatic heterocycles. The molecular formula is C37H31F3N2O4. The number of alkyl halides is 3. The van der Waals surface area contributed by atoms with Crippen LogP contribution >= 0.6 is 0 Å². The number of carbonyl (C=O) groups is 2. The van der Waals surface area contributed by atoms with Gasteiger partial charge in [0.15, 0.2) is 0 Å². The fourth-order valence-corrected chi connectivity index (χ4v) is 5.74. The van der Waals surface area contributed by atoms with E-state index in [4.69, 9.17) is 9.25 Å². The van der Waals surface area contributed by atoms with Gasteiger partial charge in [0.05, 0.1) is 24.2 Å². The second kappa shape index (κ2) is 12.0. The highest BCUT2D eigenvalue weighted by atomic mass is 19.4. The molecule has 1 amide bonds. The van der Waals surface area contributed by atoms with Crippen LogP contribution in [0.15, 0.2) is 107 Å². The molecule has 0 bridgehead atoms. The normalized spacial score (nSPS) is 13.5. The molecule has 0 N–H and O–H groups in total. The molecule has 0 spiro atoms. The van der Waals surface area contributed by atoms with E-state index in [0.29, 0.717) is 11.3 Å². The summed E-state index contributed by atoms with van der Waals surface area (Å²) in [6.45, 7) is 5.84. The smallest absolute Gasteiger partial charge is 0.449 e. The van der Waals surface area contributed by atoms with Gasteiger partial charge < -0.3 is 14.2 Å². The van der Waals surface area contributed by atoms with E-state index in [2.05, 4.69) is 11.2 Å². The minimum atomic E-state index is -4.63. The first-order chi connectivity index (χ1) is 21.9. The van der Waals surface area contributed by atoms with Crippen LogP contribution in [-0.4, -0.2) is 22.5 Å². The van der Waals surface area contributed by atoms with Gasteiger partial charge in [-0.25, -0.2) is 4.79 Å². The van der Waals surface area contributed by atoms with Crippen molar-refractivity contribution in [2.45, 2.75) is 51.9 Å². The highest BCUT2D eigenvalue weighted by Crippen LogP contribution is 2.34. The van der Waals surface area contributed by atoms with Crippen molar-refractivity contribution < 1.29 is 32.0 Å². The van der Waals surface area contributed by atoms with Crippen molar-refractivity contribution in [1.82, 2.24) is 4.90 Å². The maximum atomic E-state index is 14.2. The lowest BCUT2D eigenvalue weighted by molar-refractivity contribution is -0.153. The standard InChI is InChI=1S/C37H31F3N2O4/c1-23-11-14-26-7-4-5-10-30(26)34(23)35(44)42(22-29-17-18-32(45-29)37(38,39)40)21-24-12-15-25(16-13-24)27-8-6-9-28(19-27)36(2,3)31-20-33(43)46-41-31/h4-19H,20-22H2,1-3H3. The van der Waals surface area contributed by atoms with E-state index in [1.54, 1.807) is 0 Å². The van der Waals surface area contributed by atoms with Gasteiger partial charge in [0.2, 0.25) is 5.76 Å². The summed E-state index contributed by atoms with van der Waals surface area (Å²) in [5, 5.41) is 5.64. The monoisotopic (exact) mass is 624 g/mol.